The largest absolute Gasteiger partial charge is 0.457 e. The maximum absolute atomic E-state index is 12.9. The average molecular weight is 495 g/mol. The van der Waals surface area contributed by atoms with Crippen molar-refractivity contribution in [3.63, 3.8) is 0 Å². The summed E-state index contributed by atoms with van der Waals surface area (Å²) in [6.45, 7) is 2.94. The number of hydrogen-bond donors (Lipinski definition) is 1. The normalized spacial score (nSPS) is 14.3. The lowest BCUT2D eigenvalue weighted by Gasteiger charge is -2.26. The molecule has 1 amide bonds. The lowest BCUT2D eigenvalue weighted by Crippen LogP contribution is -2.40. The molecule has 0 aromatic heterocycles. The van der Waals surface area contributed by atoms with Gasteiger partial charge in [0.2, 0.25) is 10.0 Å². The van der Waals surface area contributed by atoms with Gasteiger partial charge in [-0.15, -0.1) is 0 Å². The van der Waals surface area contributed by atoms with Crippen LogP contribution in [0.5, 0.6) is 0 Å². The number of morpholine rings is 1. The standard InChI is InChI=1S/C26H26N2O6S/c1-19-7-12-23(35(31,32)28-13-15-33-16-14-28)17-24(19)26(30)34-18-20-8-10-21(11-9-20)25(29)27-22-5-3-2-4-6-22/h2-12,17H,13-16,18H2,1H3,(H,27,29). The molecule has 3 aromatic carbocycles. The van der Waals surface area contributed by atoms with E-state index in [9.17, 15) is 18.0 Å². The van der Waals surface area contributed by atoms with E-state index in [2.05, 4.69) is 5.32 Å². The molecule has 1 aliphatic heterocycles. The molecule has 1 N–H and O–H groups in total. The summed E-state index contributed by atoms with van der Waals surface area (Å²) in [6.07, 6.45) is 0. The number of esters is 1. The van der Waals surface area contributed by atoms with Crippen molar-refractivity contribution < 1.29 is 27.5 Å². The number of benzene rings is 3. The van der Waals surface area contributed by atoms with Crippen LogP contribution in [-0.4, -0.2) is 50.9 Å². The third-order valence-corrected chi connectivity index (χ3v) is 7.55. The molecule has 0 unspecified atom stereocenters. The molecule has 9 heteroatoms. The fourth-order valence-electron chi connectivity index (χ4n) is 3.62. The van der Waals surface area contributed by atoms with Gasteiger partial charge in [-0.25, -0.2) is 13.2 Å². The van der Waals surface area contributed by atoms with Gasteiger partial charge < -0.3 is 14.8 Å². The average Bonchev–Trinajstić information content (AvgIpc) is 2.89. The molecule has 4 rings (SSSR count). The highest BCUT2D eigenvalue weighted by molar-refractivity contribution is 7.89. The lowest BCUT2D eigenvalue weighted by atomic mass is 10.1. The number of carbonyl (C=O) groups excluding carboxylic acids is 2. The highest BCUT2D eigenvalue weighted by Gasteiger charge is 2.27. The number of hydrogen-bond acceptors (Lipinski definition) is 6. The zero-order chi connectivity index (χ0) is 24.8. The zero-order valence-corrected chi connectivity index (χ0v) is 20.1. The van der Waals surface area contributed by atoms with E-state index < -0.39 is 16.0 Å². The first kappa shape index (κ1) is 24.6. The quantitative estimate of drug-likeness (QED) is 0.504. The van der Waals surface area contributed by atoms with Crippen LogP contribution in [0.25, 0.3) is 0 Å². The predicted octanol–water partition coefficient (Wildman–Crippen LogP) is 3.63. The van der Waals surface area contributed by atoms with E-state index in [1.807, 2.05) is 18.2 Å². The Morgan fingerprint density at radius 2 is 1.66 bits per heavy atom. The van der Waals surface area contributed by atoms with E-state index in [4.69, 9.17) is 9.47 Å². The monoisotopic (exact) mass is 494 g/mol. The third-order valence-electron chi connectivity index (χ3n) is 5.65. The topological polar surface area (TPSA) is 102 Å². The number of carbonyl (C=O) groups is 2. The molecule has 1 fully saturated rings. The summed E-state index contributed by atoms with van der Waals surface area (Å²) in [7, 11) is -3.73. The van der Waals surface area contributed by atoms with Crippen LogP contribution in [0.2, 0.25) is 0 Å². The highest BCUT2D eigenvalue weighted by Crippen LogP contribution is 2.22. The molecular weight excluding hydrogens is 468 g/mol. The van der Waals surface area contributed by atoms with Gasteiger partial charge in [0.15, 0.2) is 0 Å². The zero-order valence-electron chi connectivity index (χ0n) is 19.3. The minimum absolute atomic E-state index is 0.0146. The lowest BCUT2D eigenvalue weighted by molar-refractivity contribution is 0.0471. The Kier molecular flexibility index (Phi) is 7.60. The van der Waals surface area contributed by atoms with Gasteiger partial charge >= 0.3 is 5.97 Å². The van der Waals surface area contributed by atoms with Gasteiger partial charge in [0.25, 0.3) is 5.91 Å². The Bertz CT molecular complexity index is 1300. The van der Waals surface area contributed by atoms with Gasteiger partial charge in [-0.2, -0.15) is 4.31 Å². The van der Waals surface area contributed by atoms with Crippen LogP contribution in [0.1, 0.15) is 31.8 Å². The maximum Gasteiger partial charge on any atom is 0.338 e. The summed E-state index contributed by atoms with van der Waals surface area (Å²) in [5.41, 5.74) is 2.68. The second kappa shape index (κ2) is 10.8. The van der Waals surface area contributed by atoms with E-state index in [-0.39, 0.29) is 36.1 Å². The molecule has 1 aliphatic rings. The van der Waals surface area contributed by atoms with Crippen molar-refractivity contribution in [1.29, 1.82) is 0 Å². The Morgan fingerprint density at radius 3 is 2.34 bits per heavy atom. The van der Waals surface area contributed by atoms with Gasteiger partial charge in [0, 0.05) is 24.3 Å². The molecule has 3 aromatic rings. The molecule has 1 saturated heterocycles. The van der Waals surface area contributed by atoms with Crippen molar-refractivity contribution >= 4 is 27.6 Å². The summed E-state index contributed by atoms with van der Waals surface area (Å²) >= 11 is 0. The van der Waals surface area contributed by atoms with Crippen molar-refractivity contribution in [2.45, 2.75) is 18.4 Å². The SMILES string of the molecule is Cc1ccc(S(=O)(=O)N2CCOCC2)cc1C(=O)OCc1ccc(C(=O)Nc2ccccc2)cc1. The molecule has 0 radical (unpaired) electrons. The number of rotatable bonds is 7. The van der Waals surface area contributed by atoms with E-state index in [1.165, 1.54) is 16.4 Å². The van der Waals surface area contributed by atoms with Crippen LogP contribution in [-0.2, 0) is 26.1 Å². The van der Waals surface area contributed by atoms with Gasteiger partial charge in [0.1, 0.15) is 6.61 Å². The Balaban J connectivity index is 1.40. The van der Waals surface area contributed by atoms with Crippen LogP contribution in [0.15, 0.2) is 77.7 Å². The molecule has 0 atom stereocenters. The fraction of sp³-hybridized carbons (Fsp3) is 0.231. The van der Waals surface area contributed by atoms with E-state index in [0.717, 1.165) is 0 Å². The number of sulfonamides is 1. The second-order valence-electron chi connectivity index (χ2n) is 8.09. The summed E-state index contributed by atoms with van der Waals surface area (Å²) in [5, 5.41) is 2.81. The first-order valence-corrected chi connectivity index (χ1v) is 12.6. The van der Waals surface area contributed by atoms with Gasteiger partial charge in [-0.05, 0) is 54.4 Å². The Hall–Kier alpha value is -3.53. The summed E-state index contributed by atoms with van der Waals surface area (Å²) in [6, 6.07) is 20.3. The summed E-state index contributed by atoms with van der Waals surface area (Å²) in [4.78, 5) is 25.2. The van der Waals surface area contributed by atoms with E-state index in [1.54, 1.807) is 49.4 Å². The smallest absolute Gasteiger partial charge is 0.338 e. The van der Waals surface area contributed by atoms with Crippen molar-refractivity contribution in [2.24, 2.45) is 0 Å². The number of nitrogens with one attached hydrogen (secondary N) is 1. The van der Waals surface area contributed by atoms with Crippen molar-refractivity contribution in [1.82, 2.24) is 4.31 Å². The van der Waals surface area contributed by atoms with Gasteiger partial charge in [-0.3, -0.25) is 4.79 Å². The van der Waals surface area contributed by atoms with Crippen LogP contribution >= 0.6 is 0 Å². The number of aryl methyl sites for hydroxylation is 1. The van der Waals surface area contributed by atoms with Crippen LogP contribution in [0.4, 0.5) is 5.69 Å². The summed E-state index contributed by atoms with van der Waals surface area (Å²) < 4.78 is 37.9. The second-order valence-corrected chi connectivity index (χ2v) is 10.0. The fourth-order valence-corrected chi connectivity index (χ4v) is 5.06. The molecule has 0 aliphatic carbocycles. The third kappa shape index (κ3) is 5.94. The minimum Gasteiger partial charge on any atom is -0.457 e. The van der Waals surface area contributed by atoms with Crippen LogP contribution in [0, 0.1) is 6.92 Å². The highest BCUT2D eigenvalue weighted by atomic mass is 32.2. The molecule has 8 nitrogen and oxygen atoms in total. The van der Waals surface area contributed by atoms with Gasteiger partial charge in [-0.1, -0.05) is 36.4 Å². The molecule has 0 saturated carbocycles. The van der Waals surface area contributed by atoms with Crippen molar-refractivity contribution in [3.8, 4) is 0 Å². The van der Waals surface area contributed by atoms with Crippen molar-refractivity contribution in [3.05, 3.63) is 95.1 Å². The van der Waals surface area contributed by atoms with E-state index in [0.29, 0.717) is 35.6 Å². The molecule has 0 spiro atoms. The minimum atomic E-state index is -3.73. The number of anilines is 1. The number of para-hydroxylation sites is 1. The molecule has 1 heterocycles. The first-order valence-electron chi connectivity index (χ1n) is 11.2. The number of nitrogens with zero attached hydrogens (tertiary/aromatic N) is 1. The van der Waals surface area contributed by atoms with Crippen LogP contribution in [0.3, 0.4) is 0 Å². The molecule has 0 bridgehead atoms. The summed E-state index contributed by atoms with van der Waals surface area (Å²) in [5.74, 6) is -0.860. The predicted molar refractivity (Wildman–Crippen MR) is 131 cm³/mol. The number of ether oxygens (including phenoxy) is 2. The van der Waals surface area contributed by atoms with E-state index >= 15 is 0 Å². The molecule has 35 heavy (non-hydrogen) atoms. The molecular formula is C26H26N2O6S. The maximum atomic E-state index is 12.9. The number of amides is 1. The Labute approximate surface area is 204 Å². The Morgan fingerprint density at radius 1 is 0.971 bits per heavy atom. The van der Waals surface area contributed by atoms with Crippen LogP contribution < -0.4 is 5.32 Å². The first-order chi connectivity index (χ1) is 16.8. The van der Waals surface area contributed by atoms with Gasteiger partial charge in [0.05, 0.1) is 23.7 Å². The van der Waals surface area contributed by atoms with Crippen molar-refractivity contribution in [2.75, 3.05) is 31.6 Å². The molecule has 182 valence electrons.